The maximum Gasteiger partial charge on any atom is 0.205 e. The summed E-state index contributed by atoms with van der Waals surface area (Å²) in [5.74, 6) is 2.53. The van der Waals surface area contributed by atoms with Gasteiger partial charge in [-0.3, -0.25) is 4.98 Å². The summed E-state index contributed by atoms with van der Waals surface area (Å²) in [5.41, 5.74) is 3.83. The average Bonchev–Trinajstić information content (AvgIpc) is 3.40. The van der Waals surface area contributed by atoms with E-state index in [1.807, 2.05) is 41.2 Å². The van der Waals surface area contributed by atoms with E-state index in [2.05, 4.69) is 45.5 Å². The second kappa shape index (κ2) is 8.72. The van der Waals surface area contributed by atoms with Crippen molar-refractivity contribution >= 4 is 0 Å². The fourth-order valence-corrected chi connectivity index (χ4v) is 3.32. The number of aryl methyl sites for hydroxylation is 2. The summed E-state index contributed by atoms with van der Waals surface area (Å²) in [4.78, 5) is 9.39. The first kappa shape index (κ1) is 18.9. The topological polar surface area (TPSA) is 98.1 Å². The van der Waals surface area contributed by atoms with Crippen LogP contribution in [-0.2, 0) is 19.4 Å². The van der Waals surface area contributed by atoms with Crippen LogP contribution in [-0.4, -0.2) is 40.4 Å². The molecule has 0 spiro atoms. The Morgan fingerprint density at radius 3 is 2.48 bits per heavy atom. The predicted molar refractivity (Wildman–Crippen MR) is 110 cm³/mol. The lowest BCUT2D eigenvalue weighted by molar-refractivity contribution is 0.622. The average molecular weight is 388 g/mol. The van der Waals surface area contributed by atoms with Crippen LogP contribution < -0.4 is 0 Å². The van der Waals surface area contributed by atoms with Gasteiger partial charge in [0.2, 0.25) is 5.82 Å². The molecule has 0 aliphatic carbocycles. The summed E-state index contributed by atoms with van der Waals surface area (Å²) in [6.45, 7) is 4.98. The first-order valence-corrected chi connectivity index (χ1v) is 9.99. The largest absolute Gasteiger partial charge is 0.256 e. The normalized spacial score (nSPS) is 11.1. The van der Waals surface area contributed by atoms with Crippen molar-refractivity contribution in [3.05, 3.63) is 59.8 Å². The van der Waals surface area contributed by atoms with Gasteiger partial charge in [0.05, 0.1) is 12.2 Å². The zero-order valence-corrected chi connectivity index (χ0v) is 16.7. The summed E-state index contributed by atoms with van der Waals surface area (Å²) < 4.78 is 2.01. The minimum absolute atomic E-state index is 0.557. The molecule has 3 heterocycles. The Morgan fingerprint density at radius 1 is 0.966 bits per heavy atom. The molecule has 0 fully saturated rings. The Balaban J connectivity index is 1.59. The summed E-state index contributed by atoms with van der Waals surface area (Å²) in [6.07, 6.45) is 5.84. The van der Waals surface area contributed by atoms with Crippen LogP contribution in [0.3, 0.4) is 0 Å². The van der Waals surface area contributed by atoms with Gasteiger partial charge in [0, 0.05) is 30.2 Å². The molecule has 8 nitrogen and oxygen atoms in total. The molecule has 4 aromatic rings. The molecule has 29 heavy (non-hydrogen) atoms. The number of nitrogens with zero attached hydrogens (tertiary/aromatic N) is 7. The van der Waals surface area contributed by atoms with Crippen molar-refractivity contribution in [3.8, 4) is 22.6 Å². The van der Waals surface area contributed by atoms with Crippen LogP contribution in [0.1, 0.15) is 43.9 Å². The first-order chi connectivity index (χ1) is 14.3. The highest BCUT2D eigenvalue weighted by Gasteiger charge is 2.13. The molecule has 148 valence electrons. The summed E-state index contributed by atoms with van der Waals surface area (Å²) >= 11 is 0. The molecule has 0 unspecified atom stereocenters. The van der Waals surface area contributed by atoms with Crippen LogP contribution in [0.2, 0.25) is 0 Å². The van der Waals surface area contributed by atoms with Gasteiger partial charge in [-0.2, -0.15) is 10.3 Å². The van der Waals surface area contributed by atoms with Crippen LogP contribution in [0, 0.1) is 0 Å². The van der Waals surface area contributed by atoms with Gasteiger partial charge in [-0.25, -0.2) is 9.67 Å². The fourth-order valence-electron chi connectivity index (χ4n) is 3.32. The van der Waals surface area contributed by atoms with Crippen molar-refractivity contribution in [1.82, 2.24) is 40.4 Å². The van der Waals surface area contributed by atoms with E-state index in [0.29, 0.717) is 12.4 Å². The van der Waals surface area contributed by atoms with E-state index >= 15 is 0 Å². The van der Waals surface area contributed by atoms with Gasteiger partial charge in [-0.1, -0.05) is 44.2 Å². The maximum absolute atomic E-state index is 4.70. The van der Waals surface area contributed by atoms with E-state index in [1.165, 1.54) is 0 Å². The molecule has 1 aromatic carbocycles. The quantitative estimate of drug-likeness (QED) is 0.496. The molecular formula is C21H24N8. The SMILES string of the molecule is CCCc1nc(CCC)n(Cc2ccc(-c3ccccc3-c3nn[nH]n3)nc2)n1. The van der Waals surface area contributed by atoms with Crippen LogP contribution in [0.4, 0.5) is 0 Å². The van der Waals surface area contributed by atoms with Crippen molar-refractivity contribution in [2.75, 3.05) is 0 Å². The van der Waals surface area contributed by atoms with E-state index in [1.54, 1.807) is 0 Å². The molecular weight excluding hydrogens is 364 g/mol. The first-order valence-electron chi connectivity index (χ1n) is 9.99. The molecule has 0 aliphatic heterocycles. The monoisotopic (exact) mass is 388 g/mol. The maximum atomic E-state index is 4.70. The van der Waals surface area contributed by atoms with Gasteiger partial charge in [-0.15, -0.1) is 10.2 Å². The van der Waals surface area contributed by atoms with Gasteiger partial charge in [0.1, 0.15) is 5.82 Å². The summed E-state index contributed by atoms with van der Waals surface area (Å²) in [5, 5.41) is 19.1. The van der Waals surface area contributed by atoms with E-state index in [-0.39, 0.29) is 0 Å². The van der Waals surface area contributed by atoms with Gasteiger partial charge < -0.3 is 0 Å². The van der Waals surface area contributed by atoms with Gasteiger partial charge in [0.25, 0.3) is 0 Å². The third-order valence-corrected chi connectivity index (χ3v) is 4.69. The Bertz CT molecular complexity index is 1050. The fraction of sp³-hybridized carbons (Fsp3) is 0.333. The number of aromatic amines is 1. The van der Waals surface area contributed by atoms with Crippen LogP contribution in [0.5, 0.6) is 0 Å². The lowest BCUT2D eigenvalue weighted by atomic mass is 10.0. The highest BCUT2D eigenvalue weighted by atomic mass is 15.5. The molecule has 0 aliphatic rings. The highest BCUT2D eigenvalue weighted by molar-refractivity contribution is 5.78. The van der Waals surface area contributed by atoms with E-state index in [0.717, 1.165) is 59.7 Å². The third kappa shape index (κ3) is 4.21. The van der Waals surface area contributed by atoms with Crippen LogP contribution in [0.25, 0.3) is 22.6 Å². The zero-order valence-electron chi connectivity index (χ0n) is 16.7. The molecule has 0 saturated heterocycles. The smallest absolute Gasteiger partial charge is 0.205 e. The standard InChI is InChI=1S/C21H24N8/c1-3-7-19-23-20(8-4-2)29(26-19)14-15-11-12-18(22-13-15)16-9-5-6-10-17(16)21-24-27-28-25-21/h5-6,9-13H,3-4,7-8,14H2,1-2H3,(H,24,25,27,28). The van der Waals surface area contributed by atoms with Crippen LogP contribution in [0.15, 0.2) is 42.6 Å². The van der Waals surface area contributed by atoms with Crippen molar-refractivity contribution in [2.45, 2.75) is 46.1 Å². The Morgan fingerprint density at radius 2 is 1.79 bits per heavy atom. The number of nitrogens with one attached hydrogen (secondary N) is 1. The minimum Gasteiger partial charge on any atom is -0.256 e. The number of tetrazole rings is 1. The molecule has 1 N–H and O–H groups in total. The van der Waals surface area contributed by atoms with Gasteiger partial charge in [-0.05, 0) is 29.7 Å². The zero-order chi connectivity index (χ0) is 20.1. The molecule has 0 bridgehead atoms. The molecule has 3 aromatic heterocycles. The summed E-state index contributed by atoms with van der Waals surface area (Å²) in [7, 11) is 0. The number of hydrogen-bond donors (Lipinski definition) is 1. The Kier molecular flexibility index (Phi) is 5.69. The van der Waals surface area contributed by atoms with E-state index in [9.17, 15) is 0 Å². The molecule has 0 atom stereocenters. The Labute approximate surface area is 169 Å². The molecule has 0 radical (unpaired) electrons. The van der Waals surface area contributed by atoms with E-state index < -0.39 is 0 Å². The predicted octanol–water partition coefficient (Wildman–Crippen LogP) is 3.47. The van der Waals surface area contributed by atoms with Crippen molar-refractivity contribution in [3.63, 3.8) is 0 Å². The molecule has 0 saturated carbocycles. The summed E-state index contributed by atoms with van der Waals surface area (Å²) in [6, 6.07) is 12.0. The molecule has 8 heteroatoms. The van der Waals surface area contributed by atoms with Crippen molar-refractivity contribution < 1.29 is 0 Å². The number of pyridine rings is 1. The second-order valence-corrected chi connectivity index (χ2v) is 6.93. The number of benzene rings is 1. The van der Waals surface area contributed by atoms with Crippen LogP contribution >= 0.6 is 0 Å². The minimum atomic E-state index is 0.557. The lowest BCUT2D eigenvalue weighted by Gasteiger charge is -2.08. The number of aromatic nitrogens is 8. The Hall–Kier alpha value is -3.42. The van der Waals surface area contributed by atoms with Crippen molar-refractivity contribution in [1.29, 1.82) is 0 Å². The van der Waals surface area contributed by atoms with E-state index in [4.69, 9.17) is 10.1 Å². The number of rotatable bonds is 8. The molecule has 0 amide bonds. The number of H-pyrrole nitrogens is 1. The number of hydrogen-bond acceptors (Lipinski definition) is 6. The second-order valence-electron chi connectivity index (χ2n) is 6.93. The molecule has 4 rings (SSSR count). The highest BCUT2D eigenvalue weighted by Crippen LogP contribution is 2.28. The van der Waals surface area contributed by atoms with Gasteiger partial charge in [0.15, 0.2) is 5.82 Å². The van der Waals surface area contributed by atoms with Crippen molar-refractivity contribution in [2.24, 2.45) is 0 Å². The third-order valence-electron chi connectivity index (χ3n) is 4.69. The van der Waals surface area contributed by atoms with Gasteiger partial charge >= 0.3 is 0 Å². The lowest BCUT2D eigenvalue weighted by Crippen LogP contribution is -2.07.